The normalized spacial score (nSPS) is 12.1. The van der Waals surface area contributed by atoms with E-state index >= 15 is 0 Å². The average molecular weight is 211 g/mol. The summed E-state index contributed by atoms with van der Waals surface area (Å²) in [6.07, 6.45) is 0. The Bertz CT molecular complexity index is 360. The summed E-state index contributed by atoms with van der Waals surface area (Å²) in [5.74, 6) is 0.00215. The molecule has 0 saturated heterocycles. The molecule has 14 heavy (non-hydrogen) atoms. The fourth-order valence-electron chi connectivity index (χ4n) is 1.19. The molecule has 3 nitrogen and oxygen atoms in total. The second kappa shape index (κ2) is 4.85. The van der Waals surface area contributed by atoms with Gasteiger partial charge in [0, 0.05) is 5.56 Å². The minimum absolute atomic E-state index is 0.00215. The minimum atomic E-state index is -0.473. The highest BCUT2D eigenvalue weighted by Gasteiger charge is 2.14. The Morgan fingerprint density at radius 2 is 2.36 bits per heavy atom. The van der Waals surface area contributed by atoms with Gasteiger partial charge in [0.2, 0.25) is 0 Å². The van der Waals surface area contributed by atoms with Gasteiger partial charge in [-0.1, -0.05) is 30.7 Å². The van der Waals surface area contributed by atoms with E-state index in [1.54, 1.807) is 12.1 Å². The molecule has 1 aromatic rings. The summed E-state index contributed by atoms with van der Waals surface area (Å²) in [5.41, 5.74) is 0.607. The SMILES string of the molecule is CCNC(C#N)c1cccc(O)c1Cl. The van der Waals surface area contributed by atoms with E-state index in [0.717, 1.165) is 0 Å². The smallest absolute Gasteiger partial charge is 0.134 e. The molecule has 0 fully saturated rings. The highest BCUT2D eigenvalue weighted by molar-refractivity contribution is 6.32. The maximum Gasteiger partial charge on any atom is 0.134 e. The van der Waals surface area contributed by atoms with Crippen molar-refractivity contribution in [3.05, 3.63) is 28.8 Å². The van der Waals surface area contributed by atoms with E-state index in [1.165, 1.54) is 6.07 Å². The third kappa shape index (κ3) is 2.16. The first-order chi connectivity index (χ1) is 6.70. The molecule has 1 atom stereocenters. The molecule has 1 unspecified atom stereocenters. The largest absolute Gasteiger partial charge is 0.506 e. The van der Waals surface area contributed by atoms with Crippen LogP contribution in [0, 0.1) is 11.3 Å². The molecular weight excluding hydrogens is 200 g/mol. The van der Waals surface area contributed by atoms with Gasteiger partial charge in [-0.3, -0.25) is 5.32 Å². The lowest BCUT2D eigenvalue weighted by Gasteiger charge is -2.12. The van der Waals surface area contributed by atoms with Gasteiger partial charge < -0.3 is 5.11 Å². The molecule has 2 N–H and O–H groups in total. The van der Waals surface area contributed by atoms with Crippen molar-refractivity contribution in [2.75, 3.05) is 6.54 Å². The van der Waals surface area contributed by atoms with Crippen LogP contribution in [-0.2, 0) is 0 Å². The van der Waals surface area contributed by atoms with Gasteiger partial charge in [0.25, 0.3) is 0 Å². The molecule has 0 heterocycles. The topological polar surface area (TPSA) is 56.0 Å². The summed E-state index contributed by atoms with van der Waals surface area (Å²) < 4.78 is 0. The maximum absolute atomic E-state index is 9.34. The zero-order chi connectivity index (χ0) is 10.6. The van der Waals surface area contributed by atoms with Crippen molar-refractivity contribution < 1.29 is 5.11 Å². The van der Waals surface area contributed by atoms with Gasteiger partial charge in [0.15, 0.2) is 0 Å². The summed E-state index contributed by atoms with van der Waals surface area (Å²) in [5, 5.41) is 21.4. The van der Waals surface area contributed by atoms with Gasteiger partial charge >= 0.3 is 0 Å². The van der Waals surface area contributed by atoms with Crippen molar-refractivity contribution in [2.24, 2.45) is 0 Å². The zero-order valence-electron chi connectivity index (χ0n) is 7.79. The van der Waals surface area contributed by atoms with Gasteiger partial charge in [-0.05, 0) is 12.6 Å². The standard InChI is InChI=1S/C10H11ClN2O/c1-2-13-8(6-12)7-4-3-5-9(14)10(7)11/h3-5,8,13-14H,2H2,1H3. The fraction of sp³-hybridized carbons (Fsp3) is 0.300. The Morgan fingerprint density at radius 1 is 1.64 bits per heavy atom. The third-order valence-corrected chi connectivity index (χ3v) is 2.27. The fourth-order valence-corrected chi connectivity index (χ4v) is 1.42. The van der Waals surface area contributed by atoms with E-state index < -0.39 is 6.04 Å². The second-order valence-corrected chi connectivity index (χ2v) is 3.18. The van der Waals surface area contributed by atoms with Crippen LogP contribution < -0.4 is 5.32 Å². The van der Waals surface area contributed by atoms with Crippen molar-refractivity contribution in [1.82, 2.24) is 5.32 Å². The van der Waals surface area contributed by atoms with Crippen LogP contribution in [0.2, 0.25) is 5.02 Å². The molecule has 0 aliphatic heterocycles. The number of nitriles is 1. The molecule has 0 aliphatic carbocycles. The average Bonchev–Trinajstić information content (AvgIpc) is 2.19. The number of aromatic hydroxyl groups is 1. The van der Waals surface area contributed by atoms with Crippen LogP contribution in [0.25, 0.3) is 0 Å². The van der Waals surface area contributed by atoms with Crippen LogP contribution in [0.4, 0.5) is 0 Å². The lowest BCUT2D eigenvalue weighted by molar-refractivity contribution is 0.474. The number of phenols is 1. The Hall–Kier alpha value is -1.24. The molecule has 0 radical (unpaired) electrons. The van der Waals surface area contributed by atoms with Gasteiger partial charge in [-0.25, -0.2) is 0 Å². The maximum atomic E-state index is 9.34. The van der Waals surface area contributed by atoms with Gasteiger partial charge in [-0.2, -0.15) is 5.26 Å². The second-order valence-electron chi connectivity index (χ2n) is 2.80. The molecule has 74 valence electrons. The summed E-state index contributed by atoms with van der Waals surface area (Å²) in [7, 11) is 0. The first-order valence-electron chi connectivity index (χ1n) is 4.31. The minimum Gasteiger partial charge on any atom is -0.506 e. The van der Waals surface area contributed by atoms with Crippen LogP contribution >= 0.6 is 11.6 Å². The molecule has 0 spiro atoms. The highest BCUT2D eigenvalue weighted by atomic mass is 35.5. The zero-order valence-corrected chi connectivity index (χ0v) is 8.54. The Balaban J connectivity index is 3.05. The Morgan fingerprint density at radius 3 is 2.93 bits per heavy atom. The predicted molar refractivity (Wildman–Crippen MR) is 55.1 cm³/mol. The van der Waals surface area contributed by atoms with Gasteiger partial charge in [0.1, 0.15) is 11.8 Å². The van der Waals surface area contributed by atoms with Crippen molar-refractivity contribution in [1.29, 1.82) is 5.26 Å². The summed E-state index contributed by atoms with van der Waals surface area (Å²) in [4.78, 5) is 0. The van der Waals surface area contributed by atoms with Crippen LogP contribution in [0.3, 0.4) is 0 Å². The summed E-state index contributed by atoms with van der Waals surface area (Å²) in [6.45, 7) is 2.57. The number of hydrogen-bond donors (Lipinski definition) is 2. The number of phenolic OH excluding ortho intramolecular Hbond substituents is 1. The Kier molecular flexibility index (Phi) is 3.75. The summed E-state index contributed by atoms with van der Waals surface area (Å²) >= 11 is 5.86. The monoisotopic (exact) mass is 210 g/mol. The number of rotatable bonds is 3. The number of halogens is 1. The van der Waals surface area contributed by atoms with E-state index in [9.17, 15) is 5.11 Å². The van der Waals surface area contributed by atoms with Crippen molar-refractivity contribution in [2.45, 2.75) is 13.0 Å². The first-order valence-corrected chi connectivity index (χ1v) is 4.68. The lowest BCUT2D eigenvalue weighted by Crippen LogP contribution is -2.19. The highest BCUT2D eigenvalue weighted by Crippen LogP contribution is 2.30. The summed E-state index contributed by atoms with van der Waals surface area (Å²) in [6, 6.07) is 6.49. The number of nitrogens with zero attached hydrogens (tertiary/aromatic N) is 1. The van der Waals surface area contributed by atoms with E-state index in [1.807, 2.05) is 6.92 Å². The quantitative estimate of drug-likeness (QED) is 0.805. The molecule has 1 rings (SSSR count). The first kappa shape index (κ1) is 10.8. The van der Waals surface area contributed by atoms with Crippen LogP contribution in [0.5, 0.6) is 5.75 Å². The molecular formula is C10H11ClN2O. The van der Waals surface area contributed by atoms with E-state index in [2.05, 4.69) is 11.4 Å². The predicted octanol–water partition coefficient (Wildman–Crippen LogP) is 2.22. The Labute approximate surface area is 87.9 Å². The molecule has 4 heteroatoms. The van der Waals surface area contributed by atoms with Crippen LogP contribution in [0.15, 0.2) is 18.2 Å². The number of nitrogens with one attached hydrogen (secondary N) is 1. The molecule has 0 saturated carbocycles. The van der Waals surface area contributed by atoms with Crippen molar-refractivity contribution in [3.63, 3.8) is 0 Å². The van der Waals surface area contributed by atoms with Crippen molar-refractivity contribution >= 4 is 11.6 Å². The van der Waals surface area contributed by atoms with E-state index in [-0.39, 0.29) is 10.8 Å². The lowest BCUT2D eigenvalue weighted by atomic mass is 10.1. The van der Waals surface area contributed by atoms with Crippen molar-refractivity contribution in [3.8, 4) is 11.8 Å². The van der Waals surface area contributed by atoms with E-state index in [0.29, 0.717) is 12.1 Å². The molecule has 0 bridgehead atoms. The van der Waals surface area contributed by atoms with Gasteiger partial charge in [-0.15, -0.1) is 0 Å². The van der Waals surface area contributed by atoms with E-state index in [4.69, 9.17) is 16.9 Å². The van der Waals surface area contributed by atoms with Gasteiger partial charge in [0.05, 0.1) is 11.1 Å². The number of hydrogen-bond acceptors (Lipinski definition) is 3. The molecule has 0 aliphatic rings. The molecule has 0 aromatic heterocycles. The van der Waals surface area contributed by atoms with Crippen LogP contribution in [0.1, 0.15) is 18.5 Å². The molecule has 0 amide bonds. The molecule has 1 aromatic carbocycles. The third-order valence-electron chi connectivity index (χ3n) is 1.86. The number of benzene rings is 1. The van der Waals surface area contributed by atoms with Crippen LogP contribution in [-0.4, -0.2) is 11.7 Å².